The predicted octanol–water partition coefficient (Wildman–Crippen LogP) is 3.14. The van der Waals surface area contributed by atoms with Gasteiger partial charge in [-0.25, -0.2) is 0 Å². The molecule has 0 radical (unpaired) electrons. The summed E-state index contributed by atoms with van der Waals surface area (Å²) in [7, 11) is 0. The number of H-pyrrole nitrogens is 1. The molecule has 1 heterocycles. The minimum Gasteiger partial charge on any atom is -0.493 e. The molecule has 6 heteroatoms. The summed E-state index contributed by atoms with van der Waals surface area (Å²) in [6, 6.07) is 15.7. The van der Waals surface area contributed by atoms with E-state index in [1.165, 1.54) is 0 Å². The van der Waals surface area contributed by atoms with Crippen molar-refractivity contribution in [2.24, 2.45) is 0 Å². The van der Waals surface area contributed by atoms with Gasteiger partial charge in [0.2, 0.25) is 0 Å². The van der Waals surface area contributed by atoms with E-state index in [0.29, 0.717) is 18.9 Å². The highest BCUT2D eigenvalue weighted by molar-refractivity contribution is 6.30. The molecular formula is C15H13ClN4O. The van der Waals surface area contributed by atoms with Crippen molar-refractivity contribution in [3.63, 3.8) is 0 Å². The van der Waals surface area contributed by atoms with Crippen molar-refractivity contribution in [3.05, 3.63) is 59.4 Å². The first-order chi connectivity index (χ1) is 10.3. The lowest BCUT2D eigenvalue weighted by Gasteiger charge is -2.06. The number of halogens is 1. The lowest BCUT2D eigenvalue weighted by molar-refractivity contribution is 0.319. The molecule has 3 rings (SSSR count). The molecule has 106 valence electrons. The Kier molecular flexibility index (Phi) is 4.12. The maximum atomic E-state index is 5.89. The van der Waals surface area contributed by atoms with E-state index in [4.69, 9.17) is 16.3 Å². The van der Waals surface area contributed by atoms with Crippen molar-refractivity contribution in [3.8, 4) is 16.9 Å². The number of tetrazole rings is 1. The van der Waals surface area contributed by atoms with E-state index in [9.17, 15) is 0 Å². The van der Waals surface area contributed by atoms with Crippen LogP contribution in [0.3, 0.4) is 0 Å². The first-order valence-electron chi connectivity index (χ1n) is 6.52. The number of nitrogens with one attached hydrogen (secondary N) is 1. The Hall–Kier alpha value is -2.40. The quantitative estimate of drug-likeness (QED) is 0.786. The highest BCUT2D eigenvalue weighted by Crippen LogP contribution is 2.23. The van der Waals surface area contributed by atoms with Crippen molar-refractivity contribution in [2.75, 3.05) is 6.61 Å². The zero-order valence-electron chi connectivity index (χ0n) is 11.2. The van der Waals surface area contributed by atoms with Crippen LogP contribution >= 0.6 is 11.6 Å². The maximum absolute atomic E-state index is 5.89. The average molecular weight is 301 g/mol. The summed E-state index contributed by atoms with van der Waals surface area (Å²) in [5, 5.41) is 14.4. The summed E-state index contributed by atoms with van der Waals surface area (Å²) in [5.74, 6) is 1.46. The highest BCUT2D eigenvalue weighted by atomic mass is 35.5. The number of benzene rings is 2. The van der Waals surface area contributed by atoms with E-state index in [-0.39, 0.29) is 0 Å². The summed E-state index contributed by atoms with van der Waals surface area (Å²) >= 11 is 5.89. The molecule has 0 bridgehead atoms. The van der Waals surface area contributed by atoms with Gasteiger partial charge in [0, 0.05) is 11.4 Å². The molecule has 21 heavy (non-hydrogen) atoms. The minimum absolute atomic E-state index is 0.514. The summed E-state index contributed by atoms with van der Waals surface area (Å²) in [4.78, 5) is 0. The maximum Gasteiger partial charge on any atom is 0.177 e. The van der Waals surface area contributed by atoms with Crippen LogP contribution in [0, 0.1) is 0 Å². The van der Waals surface area contributed by atoms with Crippen LogP contribution < -0.4 is 4.74 Å². The Morgan fingerprint density at radius 2 is 1.62 bits per heavy atom. The van der Waals surface area contributed by atoms with Gasteiger partial charge in [0.1, 0.15) is 5.75 Å². The summed E-state index contributed by atoms with van der Waals surface area (Å²) in [6.07, 6.45) is 0.620. The van der Waals surface area contributed by atoms with Crippen molar-refractivity contribution < 1.29 is 4.74 Å². The predicted molar refractivity (Wildman–Crippen MR) is 80.3 cm³/mol. The molecule has 0 amide bonds. The number of aromatic nitrogens is 4. The van der Waals surface area contributed by atoms with Gasteiger partial charge in [-0.2, -0.15) is 5.21 Å². The van der Waals surface area contributed by atoms with Crippen LogP contribution in [0.15, 0.2) is 48.5 Å². The van der Waals surface area contributed by atoms with Gasteiger partial charge >= 0.3 is 0 Å². The minimum atomic E-state index is 0.514. The monoisotopic (exact) mass is 300 g/mol. The molecule has 2 aromatic carbocycles. The van der Waals surface area contributed by atoms with Crippen LogP contribution in [0.5, 0.6) is 5.75 Å². The SMILES string of the molecule is Clc1ccc(-c2ccc(OCCc3nn[nH]n3)cc2)cc1. The van der Waals surface area contributed by atoms with E-state index in [0.717, 1.165) is 21.9 Å². The van der Waals surface area contributed by atoms with Gasteiger partial charge in [-0.1, -0.05) is 41.1 Å². The fraction of sp³-hybridized carbons (Fsp3) is 0.133. The van der Waals surface area contributed by atoms with Gasteiger partial charge in [0.25, 0.3) is 0 Å². The van der Waals surface area contributed by atoms with Gasteiger partial charge in [0.15, 0.2) is 5.82 Å². The fourth-order valence-electron chi connectivity index (χ4n) is 1.93. The second-order valence-electron chi connectivity index (χ2n) is 4.46. The Balaban J connectivity index is 1.60. The number of aromatic amines is 1. The van der Waals surface area contributed by atoms with Gasteiger partial charge in [0.05, 0.1) is 6.61 Å². The zero-order valence-corrected chi connectivity index (χ0v) is 11.9. The summed E-state index contributed by atoms with van der Waals surface area (Å²) in [5.41, 5.74) is 2.25. The van der Waals surface area contributed by atoms with Crippen LogP contribution in [0.2, 0.25) is 5.02 Å². The molecule has 1 aromatic heterocycles. The molecule has 0 unspecified atom stereocenters. The normalized spacial score (nSPS) is 10.5. The molecule has 0 aliphatic rings. The number of nitrogens with zero attached hydrogens (tertiary/aromatic N) is 3. The van der Waals surface area contributed by atoms with Gasteiger partial charge in [-0.3, -0.25) is 0 Å². The lowest BCUT2D eigenvalue weighted by Crippen LogP contribution is -2.02. The second-order valence-corrected chi connectivity index (χ2v) is 4.89. The Morgan fingerprint density at radius 3 is 2.24 bits per heavy atom. The molecule has 3 aromatic rings. The lowest BCUT2D eigenvalue weighted by atomic mass is 10.1. The van der Waals surface area contributed by atoms with E-state index >= 15 is 0 Å². The molecule has 1 N–H and O–H groups in total. The zero-order chi connectivity index (χ0) is 14.5. The van der Waals surface area contributed by atoms with Crippen LogP contribution in [0.25, 0.3) is 11.1 Å². The third kappa shape index (κ3) is 3.58. The molecule has 0 aliphatic heterocycles. The van der Waals surface area contributed by atoms with Crippen molar-refractivity contribution in [2.45, 2.75) is 6.42 Å². The molecule has 0 spiro atoms. The third-order valence-corrected chi connectivity index (χ3v) is 3.27. The third-order valence-electron chi connectivity index (χ3n) is 3.02. The second kappa shape index (κ2) is 6.37. The van der Waals surface area contributed by atoms with Gasteiger partial charge in [-0.05, 0) is 35.4 Å². The molecule has 0 saturated heterocycles. The fourth-order valence-corrected chi connectivity index (χ4v) is 2.06. The standard InChI is InChI=1S/C15H13ClN4O/c16-13-5-1-11(2-6-13)12-3-7-14(8-4-12)21-10-9-15-17-19-20-18-15/h1-8H,9-10H2,(H,17,18,19,20). The van der Waals surface area contributed by atoms with E-state index < -0.39 is 0 Å². The van der Waals surface area contributed by atoms with Crippen LogP contribution in [-0.4, -0.2) is 27.2 Å². The Labute approximate surface area is 126 Å². The van der Waals surface area contributed by atoms with Crippen LogP contribution in [0.1, 0.15) is 5.82 Å². The number of ether oxygens (including phenoxy) is 1. The first-order valence-corrected chi connectivity index (χ1v) is 6.90. The first kappa shape index (κ1) is 13.6. The molecule has 0 saturated carbocycles. The van der Waals surface area contributed by atoms with Crippen molar-refractivity contribution >= 4 is 11.6 Å². The largest absolute Gasteiger partial charge is 0.493 e. The Morgan fingerprint density at radius 1 is 0.952 bits per heavy atom. The average Bonchev–Trinajstić information content (AvgIpc) is 3.02. The summed E-state index contributed by atoms with van der Waals surface area (Å²) in [6.45, 7) is 0.514. The number of rotatable bonds is 5. The van der Waals surface area contributed by atoms with Crippen molar-refractivity contribution in [1.82, 2.24) is 20.6 Å². The van der Waals surface area contributed by atoms with Crippen LogP contribution in [0.4, 0.5) is 0 Å². The molecule has 0 aliphatic carbocycles. The topological polar surface area (TPSA) is 63.7 Å². The number of hydrogen-bond acceptors (Lipinski definition) is 4. The molecular weight excluding hydrogens is 288 g/mol. The van der Waals surface area contributed by atoms with Gasteiger partial charge in [-0.15, -0.1) is 10.2 Å². The van der Waals surface area contributed by atoms with E-state index in [1.807, 2.05) is 48.5 Å². The molecule has 5 nitrogen and oxygen atoms in total. The van der Waals surface area contributed by atoms with E-state index in [2.05, 4.69) is 20.6 Å². The van der Waals surface area contributed by atoms with Crippen LogP contribution in [-0.2, 0) is 6.42 Å². The van der Waals surface area contributed by atoms with Gasteiger partial charge < -0.3 is 4.74 Å². The number of hydrogen-bond donors (Lipinski definition) is 1. The smallest absolute Gasteiger partial charge is 0.177 e. The molecule has 0 atom stereocenters. The van der Waals surface area contributed by atoms with E-state index in [1.54, 1.807) is 0 Å². The molecule has 0 fully saturated rings. The summed E-state index contributed by atoms with van der Waals surface area (Å²) < 4.78 is 5.65. The van der Waals surface area contributed by atoms with Crippen molar-refractivity contribution in [1.29, 1.82) is 0 Å². The highest BCUT2D eigenvalue weighted by Gasteiger charge is 2.01. The Bertz CT molecular complexity index is 681.